The lowest BCUT2D eigenvalue weighted by Crippen LogP contribution is -2.59. The zero-order valence-electron chi connectivity index (χ0n) is 17.1. The Bertz CT molecular complexity index is 1020. The molecule has 0 saturated carbocycles. The van der Waals surface area contributed by atoms with Crippen molar-refractivity contribution in [3.8, 4) is 11.5 Å². The first-order valence-electron chi connectivity index (χ1n) is 9.70. The maximum absolute atomic E-state index is 12.2. The van der Waals surface area contributed by atoms with E-state index in [1.807, 2.05) is 0 Å². The van der Waals surface area contributed by atoms with E-state index in [0.29, 0.717) is 16.9 Å². The summed E-state index contributed by atoms with van der Waals surface area (Å²) in [5, 5.41) is 59.1. The predicted octanol–water partition coefficient (Wildman–Crippen LogP) is -0.182. The quantitative estimate of drug-likeness (QED) is 0.333. The lowest BCUT2D eigenvalue weighted by Gasteiger charge is -2.39. The van der Waals surface area contributed by atoms with Crippen molar-refractivity contribution in [2.24, 2.45) is 0 Å². The van der Waals surface area contributed by atoms with Gasteiger partial charge in [-0.15, -0.1) is 0 Å². The zero-order valence-corrected chi connectivity index (χ0v) is 17.1. The van der Waals surface area contributed by atoms with Crippen molar-refractivity contribution in [3.63, 3.8) is 0 Å². The van der Waals surface area contributed by atoms with E-state index in [9.17, 15) is 35.4 Å². The molecule has 31 heavy (non-hydrogen) atoms. The van der Waals surface area contributed by atoms with Gasteiger partial charge in [-0.3, -0.25) is 4.79 Å². The third-order valence-corrected chi connectivity index (χ3v) is 5.16. The predicted molar refractivity (Wildman–Crippen MR) is 108 cm³/mol. The van der Waals surface area contributed by atoms with Gasteiger partial charge in [0, 0.05) is 17.7 Å². The molecule has 1 aliphatic heterocycles. The first kappa shape index (κ1) is 23.2. The lowest BCUT2D eigenvalue weighted by atomic mass is 9.99. The first-order valence-corrected chi connectivity index (χ1v) is 9.70. The van der Waals surface area contributed by atoms with Gasteiger partial charge < -0.3 is 44.5 Å². The van der Waals surface area contributed by atoms with Gasteiger partial charge in [-0.2, -0.15) is 0 Å². The molecule has 2 aromatic rings. The number of phenolic OH excluding ortho intramolecular Hbond substituents is 2. The van der Waals surface area contributed by atoms with Crippen LogP contribution in [0.15, 0.2) is 33.0 Å². The van der Waals surface area contributed by atoms with E-state index in [1.54, 1.807) is 19.9 Å². The highest BCUT2D eigenvalue weighted by molar-refractivity contribution is 5.88. The fraction of sp³-hybridized carbons (Fsp3) is 0.476. The SMILES string of the molecule is CC(=CCc1c(O)cc(O)c2c(=O)cc(C)oc12)CO[C@@H]1O[C@H](CO)[C@@H](O)[C@H](O)[C@H]1O. The summed E-state index contributed by atoms with van der Waals surface area (Å²) < 4.78 is 16.3. The molecule has 3 rings (SSSR count). The van der Waals surface area contributed by atoms with E-state index in [4.69, 9.17) is 13.9 Å². The van der Waals surface area contributed by atoms with Crippen molar-refractivity contribution in [1.82, 2.24) is 0 Å². The number of phenols is 2. The highest BCUT2D eigenvalue weighted by Gasteiger charge is 2.43. The minimum Gasteiger partial charge on any atom is -0.507 e. The van der Waals surface area contributed by atoms with E-state index >= 15 is 0 Å². The van der Waals surface area contributed by atoms with Gasteiger partial charge in [0.15, 0.2) is 11.7 Å². The second-order valence-electron chi connectivity index (χ2n) is 7.58. The van der Waals surface area contributed by atoms with Crippen LogP contribution in [0.4, 0.5) is 0 Å². The Balaban J connectivity index is 1.76. The van der Waals surface area contributed by atoms with Crippen molar-refractivity contribution in [2.45, 2.75) is 51.0 Å². The standard InChI is InChI=1S/C21H26O10/c1-9(8-29-21-19(28)18(27)17(26)15(7-22)31-21)3-4-11-12(23)6-14(25)16-13(24)5-10(2)30-20(11)16/h3,5-6,15,17-19,21-23,25-28H,4,7-8H2,1-2H3/t15-,17-,18+,19-,21-/m1/s1. The normalized spacial score (nSPS) is 27.0. The van der Waals surface area contributed by atoms with Gasteiger partial charge in [0.2, 0.25) is 0 Å². The first-order chi connectivity index (χ1) is 14.6. The van der Waals surface area contributed by atoms with Gasteiger partial charge in [-0.25, -0.2) is 0 Å². The highest BCUT2D eigenvalue weighted by atomic mass is 16.7. The van der Waals surface area contributed by atoms with Crippen molar-refractivity contribution >= 4 is 11.0 Å². The molecular weight excluding hydrogens is 412 g/mol. The second-order valence-corrected chi connectivity index (χ2v) is 7.58. The van der Waals surface area contributed by atoms with Crippen molar-refractivity contribution in [2.75, 3.05) is 13.2 Å². The van der Waals surface area contributed by atoms with Crippen LogP contribution in [-0.4, -0.2) is 74.6 Å². The summed E-state index contributed by atoms with van der Waals surface area (Å²) in [5.74, 6) is -0.287. The molecular formula is C21H26O10. The Kier molecular flexibility index (Phi) is 6.99. The van der Waals surface area contributed by atoms with Crippen LogP contribution < -0.4 is 5.43 Å². The minimum absolute atomic E-state index is 0.0254. The molecule has 170 valence electrons. The van der Waals surface area contributed by atoms with Crippen molar-refractivity contribution < 1.29 is 44.5 Å². The van der Waals surface area contributed by atoms with Crippen LogP contribution in [0.1, 0.15) is 18.2 Å². The maximum Gasteiger partial charge on any atom is 0.196 e. The summed E-state index contributed by atoms with van der Waals surface area (Å²) in [4.78, 5) is 12.2. The molecule has 1 aromatic carbocycles. The molecule has 6 N–H and O–H groups in total. The van der Waals surface area contributed by atoms with E-state index in [2.05, 4.69) is 0 Å². The number of hydrogen-bond donors (Lipinski definition) is 6. The Morgan fingerprint density at radius 2 is 1.84 bits per heavy atom. The molecule has 1 aromatic heterocycles. The molecule has 2 heterocycles. The molecule has 1 saturated heterocycles. The van der Waals surface area contributed by atoms with Gasteiger partial charge in [0.25, 0.3) is 0 Å². The average molecular weight is 438 g/mol. The highest BCUT2D eigenvalue weighted by Crippen LogP contribution is 2.34. The number of hydrogen-bond acceptors (Lipinski definition) is 10. The van der Waals surface area contributed by atoms with Gasteiger partial charge in [0.05, 0.1) is 13.2 Å². The largest absolute Gasteiger partial charge is 0.507 e. The Labute approximate surface area is 177 Å². The number of aliphatic hydroxyl groups is 4. The zero-order chi connectivity index (χ0) is 22.9. The molecule has 0 radical (unpaired) electrons. The summed E-state index contributed by atoms with van der Waals surface area (Å²) in [6.45, 7) is 2.71. The van der Waals surface area contributed by atoms with E-state index in [0.717, 1.165) is 6.07 Å². The molecule has 10 heteroatoms. The summed E-state index contributed by atoms with van der Waals surface area (Å²) in [6.07, 6.45) is -5.00. The topological polar surface area (TPSA) is 170 Å². The van der Waals surface area contributed by atoms with Gasteiger partial charge in [0.1, 0.15) is 52.6 Å². The number of ether oxygens (including phenoxy) is 2. The molecule has 0 unspecified atom stereocenters. The van der Waals surface area contributed by atoms with Crippen LogP contribution in [0.5, 0.6) is 11.5 Å². The molecule has 1 fully saturated rings. The summed E-state index contributed by atoms with van der Waals surface area (Å²) in [7, 11) is 0. The second kappa shape index (κ2) is 9.35. The monoisotopic (exact) mass is 438 g/mol. The van der Waals surface area contributed by atoms with Crippen LogP contribution in [0.3, 0.4) is 0 Å². The number of aliphatic hydroxyl groups excluding tert-OH is 4. The maximum atomic E-state index is 12.2. The van der Waals surface area contributed by atoms with Gasteiger partial charge in [-0.05, 0) is 20.3 Å². The number of aryl methyl sites for hydroxylation is 1. The average Bonchev–Trinajstić information content (AvgIpc) is 2.70. The van der Waals surface area contributed by atoms with Crippen LogP contribution in [-0.2, 0) is 15.9 Å². The Morgan fingerprint density at radius 1 is 1.13 bits per heavy atom. The van der Waals surface area contributed by atoms with Crippen molar-refractivity contribution in [3.05, 3.63) is 45.3 Å². The molecule has 0 bridgehead atoms. The summed E-state index contributed by atoms with van der Waals surface area (Å²) >= 11 is 0. The molecule has 5 atom stereocenters. The molecule has 0 amide bonds. The minimum atomic E-state index is -1.54. The van der Waals surface area contributed by atoms with Crippen LogP contribution in [0, 0.1) is 6.92 Å². The van der Waals surface area contributed by atoms with E-state index in [-0.39, 0.29) is 35.5 Å². The van der Waals surface area contributed by atoms with Gasteiger partial charge >= 0.3 is 0 Å². The van der Waals surface area contributed by atoms with E-state index in [1.165, 1.54) is 6.07 Å². The fourth-order valence-electron chi connectivity index (χ4n) is 3.42. The van der Waals surface area contributed by atoms with Crippen LogP contribution >= 0.6 is 0 Å². The Hall–Kier alpha value is -2.47. The number of aromatic hydroxyl groups is 2. The van der Waals surface area contributed by atoms with Crippen molar-refractivity contribution in [1.29, 1.82) is 0 Å². The smallest absolute Gasteiger partial charge is 0.196 e. The number of allylic oxidation sites excluding steroid dienone is 1. The summed E-state index contributed by atoms with van der Waals surface area (Å²) in [6, 6.07) is 2.33. The fourth-order valence-corrected chi connectivity index (χ4v) is 3.42. The molecule has 10 nitrogen and oxygen atoms in total. The third kappa shape index (κ3) is 4.74. The Morgan fingerprint density at radius 3 is 2.52 bits per heavy atom. The summed E-state index contributed by atoms with van der Waals surface area (Å²) in [5.41, 5.74) is 0.624. The van der Waals surface area contributed by atoms with Crippen LogP contribution in [0.25, 0.3) is 11.0 Å². The third-order valence-electron chi connectivity index (χ3n) is 5.16. The van der Waals surface area contributed by atoms with Crippen LogP contribution in [0.2, 0.25) is 0 Å². The molecule has 1 aliphatic rings. The number of rotatable bonds is 6. The molecule has 0 aliphatic carbocycles. The van der Waals surface area contributed by atoms with E-state index < -0.39 is 42.7 Å². The van der Waals surface area contributed by atoms with Gasteiger partial charge in [-0.1, -0.05) is 11.6 Å². The molecule has 0 spiro atoms. The lowest BCUT2D eigenvalue weighted by molar-refractivity contribution is -0.299. The number of benzene rings is 1. The number of fused-ring (bicyclic) bond motifs is 1.